The summed E-state index contributed by atoms with van der Waals surface area (Å²) in [6, 6.07) is 17.3. The van der Waals surface area contributed by atoms with Crippen LogP contribution in [0.1, 0.15) is 38.7 Å². The monoisotopic (exact) mass is 424 g/mol. The second-order valence-electron chi connectivity index (χ2n) is 7.99. The summed E-state index contributed by atoms with van der Waals surface area (Å²) >= 11 is 0. The van der Waals surface area contributed by atoms with E-state index in [2.05, 4.69) is 10.2 Å². The quantitative estimate of drug-likeness (QED) is 0.643. The number of anilines is 2. The highest BCUT2D eigenvalue weighted by Crippen LogP contribution is 2.29. The lowest BCUT2D eigenvalue weighted by molar-refractivity contribution is -0.155. The Hall–Kier alpha value is -2.86. The summed E-state index contributed by atoms with van der Waals surface area (Å²) in [5, 5.41) is 2.84. The summed E-state index contributed by atoms with van der Waals surface area (Å²) in [4.78, 5) is 27.8. The third-order valence-electron chi connectivity index (χ3n) is 5.80. The average Bonchev–Trinajstić information content (AvgIpc) is 2.80. The fraction of sp³-hybridized carbons (Fsp3) is 0.440. The SMILES string of the molecule is CC[C@@H](C)[C@H](C(=O)O[C@@H](C)C(=O)Nc1ccc(N2CCOCC2)cc1)c1ccccc1. The van der Waals surface area contributed by atoms with Crippen LogP contribution in [-0.2, 0) is 19.1 Å². The van der Waals surface area contributed by atoms with Crippen LogP contribution in [0.4, 0.5) is 11.4 Å². The van der Waals surface area contributed by atoms with Crippen LogP contribution in [0.3, 0.4) is 0 Å². The normalized spacial score (nSPS) is 16.8. The molecule has 2 aromatic rings. The molecule has 1 amide bonds. The predicted octanol–water partition coefficient (Wildman–Crippen LogP) is 4.22. The minimum absolute atomic E-state index is 0.109. The third kappa shape index (κ3) is 6.07. The van der Waals surface area contributed by atoms with Gasteiger partial charge in [-0.25, -0.2) is 0 Å². The number of rotatable bonds is 8. The molecule has 1 heterocycles. The van der Waals surface area contributed by atoms with Crippen LogP contribution in [0.2, 0.25) is 0 Å². The first-order valence-electron chi connectivity index (χ1n) is 11.0. The summed E-state index contributed by atoms with van der Waals surface area (Å²) in [7, 11) is 0. The van der Waals surface area contributed by atoms with Gasteiger partial charge in [0, 0.05) is 24.5 Å². The lowest BCUT2D eigenvalue weighted by atomic mass is 9.85. The molecule has 1 N–H and O–H groups in total. The minimum atomic E-state index is -0.887. The highest BCUT2D eigenvalue weighted by molar-refractivity contribution is 5.95. The molecule has 31 heavy (non-hydrogen) atoms. The second kappa shape index (κ2) is 11.0. The smallest absolute Gasteiger partial charge is 0.314 e. The Morgan fingerprint density at radius 3 is 2.29 bits per heavy atom. The van der Waals surface area contributed by atoms with E-state index in [1.54, 1.807) is 6.92 Å². The number of amides is 1. The van der Waals surface area contributed by atoms with Crippen molar-refractivity contribution in [1.29, 1.82) is 0 Å². The number of nitrogens with zero attached hydrogens (tertiary/aromatic N) is 1. The zero-order chi connectivity index (χ0) is 22.2. The fourth-order valence-electron chi connectivity index (χ4n) is 3.72. The van der Waals surface area contributed by atoms with Crippen LogP contribution < -0.4 is 10.2 Å². The summed E-state index contributed by atoms with van der Waals surface area (Å²) in [6.45, 7) is 8.84. The largest absolute Gasteiger partial charge is 0.452 e. The van der Waals surface area contributed by atoms with E-state index in [9.17, 15) is 9.59 Å². The van der Waals surface area contributed by atoms with Gasteiger partial charge in [-0.3, -0.25) is 9.59 Å². The molecule has 0 saturated carbocycles. The molecule has 1 fully saturated rings. The molecule has 0 aliphatic carbocycles. The molecule has 1 aliphatic rings. The summed E-state index contributed by atoms with van der Waals surface area (Å²) in [5.74, 6) is -0.999. The molecule has 166 valence electrons. The Bertz CT molecular complexity index is 848. The summed E-state index contributed by atoms with van der Waals surface area (Å²) in [6.07, 6.45) is -0.0493. The number of nitrogens with one attached hydrogen (secondary N) is 1. The number of morpholine rings is 1. The van der Waals surface area contributed by atoms with Crippen molar-refractivity contribution in [3.8, 4) is 0 Å². The molecule has 6 nitrogen and oxygen atoms in total. The molecule has 0 unspecified atom stereocenters. The molecular formula is C25H32N2O4. The molecule has 1 saturated heterocycles. The van der Waals surface area contributed by atoms with E-state index in [1.165, 1.54) is 0 Å². The number of esters is 1. The van der Waals surface area contributed by atoms with Gasteiger partial charge >= 0.3 is 5.97 Å². The van der Waals surface area contributed by atoms with Gasteiger partial charge in [-0.1, -0.05) is 50.6 Å². The van der Waals surface area contributed by atoms with Crippen molar-refractivity contribution in [2.24, 2.45) is 5.92 Å². The average molecular weight is 425 g/mol. The van der Waals surface area contributed by atoms with E-state index >= 15 is 0 Å². The Kier molecular flexibility index (Phi) is 8.06. The zero-order valence-corrected chi connectivity index (χ0v) is 18.5. The van der Waals surface area contributed by atoms with E-state index in [1.807, 2.05) is 68.4 Å². The summed E-state index contributed by atoms with van der Waals surface area (Å²) < 4.78 is 11.0. The number of carbonyl (C=O) groups is 2. The van der Waals surface area contributed by atoms with Gasteiger partial charge in [-0.2, -0.15) is 0 Å². The van der Waals surface area contributed by atoms with Gasteiger partial charge < -0.3 is 19.7 Å². The van der Waals surface area contributed by atoms with Gasteiger partial charge in [0.15, 0.2) is 6.10 Å². The van der Waals surface area contributed by atoms with Crippen molar-refractivity contribution in [2.75, 3.05) is 36.5 Å². The lowest BCUT2D eigenvalue weighted by Crippen LogP contribution is -2.36. The zero-order valence-electron chi connectivity index (χ0n) is 18.5. The number of benzene rings is 2. The Morgan fingerprint density at radius 2 is 1.68 bits per heavy atom. The molecular weight excluding hydrogens is 392 g/mol. The number of carbonyl (C=O) groups excluding carboxylic acids is 2. The van der Waals surface area contributed by atoms with Crippen molar-refractivity contribution in [1.82, 2.24) is 0 Å². The van der Waals surface area contributed by atoms with Crippen LogP contribution in [0.25, 0.3) is 0 Å². The van der Waals surface area contributed by atoms with E-state index in [4.69, 9.17) is 9.47 Å². The maximum atomic E-state index is 12.9. The van der Waals surface area contributed by atoms with Gasteiger partial charge in [0.1, 0.15) is 0 Å². The molecule has 0 radical (unpaired) electrons. The maximum absolute atomic E-state index is 12.9. The Labute approximate surface area is 184 Å². The molecule has 0 aromatic heterocycles. The second-order valence-corrected chi connectivity index (χ2v) is 7.99. The third-order valence-corrected chi connectivity index (χ3v) is 5.80. The first-order chi connectivity index (χ1) is 15.0. The van der Waals surface area contributed by atoms with Gasteiger partial charge in [0.25, 0.3) is 5.91 Å². The van der Waals surface area contributed by atoms with E-state index in [0.717, 1.165) is 44.0 Å². The van der Waals surface area contributed by atoms with E-state index in [-0.39, 0.29) is 17.8 Å². The van der Waals surface area contributed by atoms with Gasteiger partial charge in [-0.15, -0.1) is 0 Å². The molecule has 0 spiro atoms. The molecule has 0 bridgehead atoms. The first-order valence-corrected chi connectivity index (χ1v) is 11.0. The summed E-state index contributed by atoms with van der Waals surface area (Å²) in [5.41, 5.74) is 2.68. The van der Waals surface area contributed by atoms with Crippen LogP contribution >= 0.6 is 0 Å². The van der Waals surface area contributed by atoms with Crippen molar-refractivity contribution < 1.29 is 19.1 Å². The van der Waals surface area contributed by atoms with Crippen molar-refractivity contribution in [2.45, 2.75) is 39.2 Å². The van der Waals surface area contributed by atoms with Crippen LogP contribution in [-0.4, -0.2) is 44.3 Å². The fourth-order valence-corrected chi connectivity index (χ4v) is 3.72. The van der Waals surface area contributed by atoms with Crippen molar-refractivity contribution in [3.63, 3.8) is 0 Å². The first kappa shape index (κ1) is 22.8. The van der Waals surface area contributed by atoms with Crippen LogP contribution in [0, 0.1) is 5.92 Å². The highest BCUT2D eigenvalue weighted by atomic mass is 16.5. The maximum Gasteiger partial charge on any atom is 0.314 e. The van der Waals surface area contributed by atoms with Gasteiger partial charge in [0.05, 0.1) is 19.1 Å². The topological polar surface area (TPSA) is 67.9 Å². The van der Waals surface area contributed by atoms with Crippen LogP contribution in [0.5, 0.6) is 0 Å². The highest BCUT2D eigenvalue weighted by Gasteiger charge is 2.30. The molecule has 3 rings (SSSR count). The van der Waals surface area contributed by atoms with E-state index in [0.29, 0.717) is 5.69 Å². The van der Waals surface area contributed by atoms with Crippen molar-refractivity contribution >= 4 is 23.3 Å². The molecule has 2 aromatic carbocycles. The Balaban J connectivity index is 1.59. The molecule has 1 aliphatic heterocycles. The molecule has 3 atom stereocenters. The van der Waals surface area contributed by atoms with Gasteiger partial charge in [-0.05, 0) is 42.7 Å². The number of hydrogen-bond donors (Lipinski definition) is 1. The standard InChI is InChI=1S/C25H32N2O4/c1-4-18(2)23(20-8-6-5-7-9-20)25(29)31-19(3)24(28)26-21-10-12-22(13-11-21)27-14-16-30-17-15-27/h5-13,18-19,23H,4,14-17H2,1-3H3,(H,26,28)/t18-,19+,23+/m1/s1. The lowest BCUT2D eigenvalue weighted by Gasteiger charge is -2.29. The van der Waals surface area contributed by atoms with Gasteiger partial charge in [0.2, 0.25) is 0 Å². The minimum Gasteiger partial charge on any atom is -0.452 e. The van der Waals surface area contributed by atoms with Crippen LogP contribution in [0.15, 0.2) is 54.6 Å². The Morgan fingerprint density at radius 1 is 1.03 bits per heavy atom. The van der Waals surface area contributed by atoms with E-state index < -0.39 is 12.0 Å². The predicted molar refractivity (Wildman–Crippen MR) is 122 cm³/mol. The van der Waals surface area contributed by atoms with Crippen molar-refractivity contribution in [3.05, 3.63) is 60.2 Å². The molecule has 6 heteroatoms. The number of hydrogen-bond acceptors (Lipinski definition) is 5. The number of ether oxygens (including phenoxy) is 2.